The summed E-state index contributed by atoms with van der Waals surface area (Å²) in [5.41, 5.74) is 13.2. The van der Waals surface area contributed by atoms with Crippen LogP contribution in [0.15, 0.2) is 64.0 Å². The summed E-state index contributed by atoms with van der Waals surface area (Å²) in [6.45, 7) is 5.98. The molecule has 6 amide bonds. The Morgan fingerprint density at radius 2 is 1.61 bits per heavy atom. The molecule has 11 N–H and O–H groups in total. The number of urea groups is 1. The molecule has 2 aliphatic heterocycles. The van der Waals surface area contributed by atoms with Gasteiger partial charge in [-0.15, -0.1) is 0 Å². The average molecular weight is 1310 g/mol. The van der Waals surface area contributed by atoms with Crippen molar-refractivity contribution in [1.82, 2.24) is 25.1 Å². The number of rotatable bonds is 31. The second-order valence-corrected chi connectivity index (χ2v) is 22.1. The minimum absolute atomic E-state index is 0.0176. The van der Waals surface area contributed by atoms with Crippen molar-refractivity contribution < 1.29 is 84.2 Å². The molecule has 83 heavy (non-hydrogen) atoms. The highest BCUT2D eigenvalue weighted by molar-refractivity contribution is 9.14. The molecule has 30 heteroatoms. The average Bonchev–Trinajstić information content (AvgIpc) is 2.68. The molecule has 26 nitrogen and oxygen atoms in total. The number of anilines is 2. The zero-order valence-electron chi connectivity index (χ0n) is 45.5. The van der Waals surface area contributed by atoms with Crippen molar-refractivity contribution >= 4 is 100 Å². The first-order valence-corrected chi connectivity index (χ1v) is 29.3. The summed E-state index contributed by atoms with van der Waals surface area (Å²) in [6.07, 6.45) is -3.06. The van der Waals surface area contributed by atoms with Crippen molar-refractivity contribution in [3.05, 3.63) is 86.5 Å². The molecule has 0 saturated carbocycles. The molecule has 1 saturated heterocycles. The molecule has 0 spiro atoms. The zero-order valence-corrected chi connectivity index (χ0v) is 49.5. The van der Waals surface area contributed by atoms with Gasteiger partial charge in [0.05, 0.1) is 83.7 Å². The molecule has 0 bridgehead atoms. The lowest BCUT2D eigenvalue weighted by Gasteiger charge is -2.24. The number of Topliss-reactive ketones (excluding diaryl/α,β-unsaturated/α-hetero) is 1. The second-order valence-electron chi connectivity index (χ2n) is 19.3. The largest absolute Gasteiger partial charge is 0.492 e. The van der Waals surface area contributed by atoms with Gasteiger partial charge < -0.3 is 61.3 Å². The molecule has 6 rings (SSSR count). The topological polar surface area (TPSA) is 371 Å². The summed E-state index contributed by atoms with van der Waals surface area (Å²) in [7, 11) is -4.46. The Bertz CT molecular complexity index is 3190. The third-order valence-electron chi connectivity index (χ3n) is 13.0. The van der Waals surface area contributed by atoms with E-state index in [0.29, 0.717) is 11.3 Å². The number of halogens is 3. The van der Waals surface area contributed by atoms with Crippen LogP contribution in [-0.4, -0.2) is 159 Å². The SMILES string of the molecule is CCOc1cccc(F)c1C#Cc1cn([C@@H]2O[C@H](COS(N)(=O)=O)[C@@H](O)[C@H]2O)c2c1c(N)nc[n+]2Cc1ccc(NC(=O)[C@H](CCCNC(N)=O)CC(=O)[C@@H](NC(=O)CCOCCOCCOCCN2C(=O)C(Br)=C(Br)C2=O)C(C)C)cc1. The van der Waals surface area contributed by atoms with E-state index in [9.17, 15) is 47.4 Å². The van der Waals surface area contributed by atoms with Crippen LogP contribution in [-0.2, 0) is 64.0 Å². The first-order valence-electron chi connectivity index (χ1n) is 26.2. The van der Waals surface area contributed by atoms with Crippen molar-refractivity contribution in [3.63, 3.8) is 0 Å². The normalized spacial score (nSPS) is 17.9. The predicted molar refractivity (Wildman–Crippen MR) is 302 cm³/mol. The van der Waals surface area contributed by atoms with Gasteiger partial charge in [0.1, 0.15) is 49.8 Å². The number of ether oxygens (including phenoxy) is 5. The lowest BCUT2D eigenvalue weighted by molar-refractivity contribution is -0.668. The van der Waals surface area contributed by atoms with E-state index in [1.165, 1.54) is 29.2 Å². The van der Waals surface area contributed by atoms with Crippen molar-refractivity contribution in [2.75, 3.05) is 77.0 Å². The van der Waals surface area contributed by atoms with E-state index < -0.39 is 94.7 Å². The summed E-state index contributed by atoms with van der Waals surface area (Å²) in [4.78, 5) is 82.0. The highest BCUT2D eigenvalue weighted by Gasteiger charge is 2.47. The van der Waals surface area contributed by atoms with Gasteiger partial charge in [-0.3, -0.25) is 33.1 Å². The summed E-state index contributed by atoms with van der Waals surface area (Å²) < 4.78 is 74.5. The number of imide groups is 1. The summed E-state index contributed by atoms with van der Waals surface area (Å²) in [5.74, 6) is 1.78. The lowest BCUT2D eigenvalue weighted by Crippen LogP contribution is -2.45. The fourth-order valence-corrected chi connectivity index (χ4v) is 9.93. The number of fused-ring (bicyclic) bond motifs is 1. The van der Waals surface area contributed by atoms with Crippen LogP contribution in [0.3, 0.4) is 0 Å². The maximum absolute atomic E-state index is 15.2. The number of hydrogen-bond acceptors (Lipinski definition) is 18. The van der Waals surface area contributed by atoms with E-state index in [1.807, 2.05) is 0 Å². The van der Waals surface area contributed by atoms with Gasteiger partial charge in [0.25, 0.3) is 11.8 Å². The number of nitrogens with one attached hydrogen (secondary N) is 3. The Morgan fingerprint density at radius 1 is 0.952 bits per heavy atom. The first-order chi connectivity index (χ1) is 39.5. The Balaban J connectivity index is 1.09. The number of nitrogens with two attached hydrogens (primary N) is 3. The lowest BCUT2D eigenvalue weighted by atomic mass is 9.89. The van der Waals surface area contributed by atoms with Gasteiger partial charge in [-0.1, -0.05) is 48.9 Å². The van der Waals surface area contributed by atoms with Gasteiger partial charge in [0, 0.05) is 31.0 Å². The van der Waals surface area contributed by atoms with E-state index in [2.05, 4.69) is 68.8 Å². The van der Waals surface area contributed by atoms with Crippen LogP contribution < -0.4 is 41.9 Å². The van der Waals surface area contributed by atoms with Crippen LogP contribution >= 0.6 is 31.9 Å². The van der Waals surface area contributed by atoms with Crippen molar-refractivity contribution in [3.8, 4) is 17.6 Å². The molecule has 4 heterocycles. The number of amides is 6. The van der Waals surface area contributed by atoms with E-state index in [-0.39, 0.29) is 140 Å². The molecule has 0 radical (unpaired) electrons. The molecule has 4 aromatic rings. The molecule has 1 fully saturated rings. The number of aliphatic hydroxyl groups excluding tert-OH is 2. The molecule has 450 valence electrons. The maximum Gasteiger partial charge on any atom is 0.333 e. The van der Waals surface area contributed by atoms with Gasteiger partial charge >= 0.3 is 16.3 Å². The highest BCUT2D eigenvalue weighted by atomic mass is 79.9. The quantitative estimate of drug-likeness (QED) is 0.0154. The molecular weight excluding hydrogens is 1240 g/mol. The molecule has 2 aromatic heterocycles. The summed E-state index contributed by atoms with van der Waals surface area (Å²) in [6, 6.07) is 9.23. The number of benzene rings is 2. The third kappa shape index (κ3) is 18.2. The van der Waals surface area contributed by atoms with Crippen LogP contribution in [0.4, 0.5) is 20.7 Å². The van der Waals surface area contributed by atoms with Gasteiger partial charge in [-0.05, 0) is 87.4 Å². The Labute approximate surface area is 494 Å². The molecule has 0 unspecified atom stereocenters. The number of nitrogen functional groups attached to an aromatic ring is 1. The van der Waals surface area contributed by atoms with E-state index in [4.69, 9.17) is 40.3 Å². The number of carbonyl (C=O) groups is 6. The third-order valence-corrected chi connectivity index (χ3v) is 15.4. The van der Waals surface area contributed by atoms with Crippen LogP contribution in [0.1, 0.15) is 69.4 Å². The predicted octanol–water partition coefficient (Wildman–Crippen LogP) is 1.64. The zero-order chi connectivity index (χ0) is 60.5. The van der Waals surface area contributed by atoms with Gasteiger partial charge in [-0.2, -0.15) is 8.42 Å². The monoisotopic (exact) mass is 1310 g/mol. The molecule has 2 aliphatic rings. The number of nitrogens with zero attached hydrogens (tertiary/aromatic N) is 4. The van der Waals surface area contributed by atoms with Crippen molar-refractivity contribution in [1.29, 1.82) is 0 Å². The van der Waals surface area contributed by atoms with Gasteiger partial charge in [0.2, 0.25) is 35.8 Å². The molecule has 2 aromatic carbocycles. The Kier molecular flexibility index (Phi) is 24.4. The summed E-state index contributed by atoms with van der Waals surface area (Å²) in [5, 5.41) is 35.7. The second kappa shape index (κ2) is 30.9. The number of primary amides is 1. The summed E-state index contributed by atoms with van der Waals surface area (Å²) >= 11 is 6.15. The minimum Gasteiger partial charge on any atom is -0.492 e. The number of carbonyl (C=O) groups excluding carboxylic acids is 6. The first kappa shape index (κ1) is 65.7. The van der Waals surface area contributed by atoms with Gasteiger partial charge in [0.15, 0.2) is 5.78 Å². The standard InChI is InChI=1S/C53H65Br2FN10O16S/c1-4-80-38-9-5-8-36(56)35(38)15-12-33-27-66(52-46(70)45(69)39(82-52)28-81-83(59,75)76)49-41(33)47(57)61-29-64(49)26-31-10-13-34(14-11-31)62-48(71)32(7-6-17-60-53(58)74)25-37(67)44(30(2)3)63-40(68)16-19-77-21-23-79-24-22-78-20-18-65-50(72)42(54)43(55)51(65)73/h5,8-11,13-14,27,29-30,32,39,44-46,52,57,69-70H,4,6-7,16-26,28H2,1-3H3,(H7,58,59,60,62,63,68,71,74,75,76)/p+1/t32-,39-,44+,45-,46-,52-/m1/s1. The minimum atomic E-state index is -4.46. The molecule has 6 atom stereocenters. The number of ketones is 1. The van der Waals surface area contributed by atoms with Crippen LogP contribution in [0.2, 0.25) is 0 Å². The smallest absolute Gasteiger partial charge is 0.333 e. The molecule has 0 aliphatic carbocycles. The highest BCUT2D eigenvalue weighted by Crippen LogP contribution is 2.35. The van der Waals surface area contributed by atoms with E-state index >= 15 is 4.39 Å². The Hall–Kier alpha value is -6.50. The number of aromatic nitrogens is 3. The van der Waals surface area contributed by atoms with Crippen LogP contribution in [0.5, 0.6) is 5.75 Å². The maximum atomic E-state index is 15.2. The van der Waals surface area contributed by atoms with Gasteiger partial charge in [-0.25, -0.2) is 23.5 Å². The molecular formula is C53H66Br2FN10O16S+. The van der Waals surface area contributed by atoms with Crippen molar-refractivity contribution in [2.24, 2.45) is 22.7 Å². The Morgan fingerprint density at radius 3 is 2.25 bits per heavy atom. The van der Waals surface area contributed by atoms with Crippen LogP contribution in [0, 0.1) is 29.5 Å². The van der Waals surface area contributed by atoms with Crippen molar-refractivity contribution in [2.45, 2.75) is 83.6 Å². The van der Waals surface area contributed by atoms with Crippen LogP contribution in [0.25, 0.3) is 11.0 Å². The number of hydrogen-bond donors (Lipinski definition) is 8. The fourth-order valence-electron chi connectivity index (χ4n) is 8.84. The number of aliphatic hydroxyl groups is 2. The van der Waals surface area contributed by atoms with E-state index in [1.54, 1.807) is 55.7 Å². The van der Waals surface area contributed by atoms with E-state index in [0.717, 1.165) is 4.90 Å². The fraction of sp³-hybridized carbons (Fsp3) is 0.472.